The monoisotopic (exact) mass is 371 g/mol. The molecule has 0 fully saturated rings. The van der Waals surface area contributed by atoms with Crippen LogP contribution in [0.4, 0.5) is 11.7 Å². The Morgan fingerprint density at radius 1 is 0.957 bits per heavy atom. The normalized spacial score (nSPS) is 11.5. The van der Waals surface area contributed by atoms with Crippen LogP contribution in [-0.2, 0) is 5.41 Å². The number of nitrogens with zero attached hydrogens (tertiary/aromatic N) is 2. The minimum Gasteiger partial charge on any atom is -0.403 e. The third-order valence-electron chi connectivity index (χ3n) is 3.53. The van der Waals surface area contributed by atoms with Gasteiger partial charge in [0.15, 0.2) is 0 Å². The molecule has 0 radical (unpaired) electrons. The maximum atomic E-state index is 5.69. The molecular formula is C18H18BrN3O. The van der Waals surface area contributed by atoms with Crippen LogP contribution in [0, 0.1) is 0 Å². The quantitative estimate of drug-likeness (QED) is 0.656. The number of halogens is 1. The molecule has 0 atom stereocenters. The first-order chi connectivity index (χ1) is 10.9. The predicted octanol–water partition coefficient (Wildman–Crippen LogP) is 5.54. The van der Waals surface area contributed by atoms with Gasteiger partial charge in [0.2, 0.25) is 0 Å². The molecule has 0 aliphatic rings. The molecule has 1 N–H and O–H groups in total. The van der Waals surface area contributed by atoms with E-state index in [1.165, 1.54) is 5.56 Å². The average molecular weight is 372 g/mol. The summed E-state index contributed by atoms with van der Waals surface area (Å²) in [4.78, 5) is 0. The van der Waals surface area contributed by atoms with E-state index in [0.717, 1.165) is 15.7 Å². The molecule has 0 spiro atoms. The molecule has 4 nitrogen and oxygen atoms in total. The topological polar surface area (TPSA) is 51.0 Å². The van der Waals surface area contributed by atoms with Crippen LogP contribution in [0.5, 0.6) is 0 Å². The minimum absolute atomic E-state index is 0.135. The van der Waals surface area contributed by atoms with Crippen LogP contribution in [0.3, 0.4) is 0 Å². The van der Waals surface area contributed by atoms with Crippen molar-refractivity contribution in [3.05, 3.63) is 58.6 Å². The Labute approximate surface area is 144 Å². The molecule has 0 amide bonds. The predicted molar refractivity (Wildman–Crippen MR) is 95.9 cm³/mol. The first-order valence-electron chi connectivity index (χ1n) is 7.39. The Morgan fingerprint density at radius 2 is 1.65 bits per heavy atom. The highest BCUT2D eigenvalue weighted by Gasteiger charge is 2.14. The van der Waals surface area contributed by atoms with E-state index in [4.69, 9.17) is 4.42 Å². The molecular weight excluding hydrogens is 354 g/mol. The van der Waals surface area contributed by atoms with Gasteiger partial charge in [0, 0.05) is 10.2 Å². The van der Waals surface area contributed by atoms with Gasteiger partial charge in [-0.1, -0.05) is 50.1 Å². The standard InChI is InChI=1S/C18H18BrN3O/c1-18(2,3)12-8-10-13(11-9-12)20-17-22-21-16(23-17)14-6-4-5-7-15(14)19/h4-11H,1-3H3,(H,20,22). The molecule has 118 valence electrons. The molecule has 0 aliphatic carbocycles. The third kappa shape index (κ3) is 3.62. The van der Waals surface area contributed by atoms with Crippen molar-refractivity contribution in [3.8, 4) is 11.5 Å². The maximum Gasteiger partial charge on any atom is 0.320 e. The third-order valence-corrected chi connectivity index (χ3v) is 4.22. The summed E-state index contributed by atoms with van der Waals surface area (Å²) in [7, 11) is 0. The lowest BCUT2D eigenvalue weighted by atomic mass is 9.87. The van der Waals surface area contributed by atoms with E-state index in [-0.39, 0.29) is 5.41 Å². The Hall–Kier alpha value is -2.14. The summed E-state index contributed by atoms with van der Waals surface area (Å²) in [6, 6.07) is 16.4. The Kier molecular flexibility index (Phi) is 4.22. The Bertz CT molecular complexity index is 804. The molecule has 2 aromatic carbocycles. The van der Waals surface area contributed by atoms with Gasteiger partial charge in [-0.05, 0) is 51.2 Å². The van der Waals surface area contributed by atoms with E-state index in [9.17, 15) is 0 Å². The van der Waals surface area contributed by atoms with E-state index in [1.54, 1.807) is 0 Å². The lowest BCUT2D eigenvalue weighted by Crippen LogP contribution is -2.10. The fourth-order valence-electron chi connectivity index (χ4n) is 2.19. The second-order valence-electron chi connectivity index (χ2n) is 6.34. The molecule has 1 heterocycles. The number of nitrogens with one attached hydrogen (secondary N) is 1. The van der Waals surface area contributed by atoms with E-state index in [1.807, 2.05) is 36.4 Å². The summed E-state index contributed by atoms with van der Waals surface area (Å²) < 4.78 is 6.61. The van der Waals surface area contributed by atoms with Crippen LogP contribution in [0.1, 0.15) is 26.3 Å². The van der Waals surface area contributed by atoms with Gasteiger partial charge in [-0.15, -0.1) is 5.10 Å². The Balaban J connectivity index is 1.78. The van der Waals surface area contributed by atoms with Crippen molar-refractivity contribution in [3.63, 3.8) is 0 Å². The van der Waals surface area contributed by atoms with E-state index >= 15 is 0 Å². The SMILES string of the molecule is CC(C)(C)c1ccc(Nc2nnc(-c3ccccc3Br)o2)cc1. The zero-order valence-corrected chi connectivity index (χ0v) is 14.9. The molecule has 3 rings (SSSR count). The van der Waals surface area contributed by atoms with Crippen LogP contribution < -0.4 is 5.32 Å². The maximum absolute atomic E-state index is 5.69. The molecule has 0 aliphatic heterocycles. The van der Waals surface area contributed by atoms with Crippen molar-refractivity contribution in [1.82, 2.24) is 10.2 Å². The lowest BCUT2D eigenvalue weighted by Gasteiger charge is -2.19. The number of hydrogen-bond donors (Lipinski definition) is 1. The van der Waals surface area contributed by atoms with Gasteiger partial charge in [0.05, 0.1) is 5.56 Å². The summed E-state index contributed by atoms with van der Waals surface area (Å²) in [6.45, 7) is 6.58. The summed E-state index contributed by atoms with van der Waals surface area (Å²) >= 11 is 3.49. The molecule has 0 bridgehead atoms. The highest BCUT2D eigenvalue weighted by molar-refractivity contribution is 9.10. The van der Waals surface area contributed by atoms with Crippen LogP contribution in [0.25, 0.3) is 11.5 Å². The number of anilines is 2. The zero-order chi connectivity index (χ0) is 16.4. The second-order valence-corrected chi connectivity index (χ2v) is 7.20. The molecule has 3 aromatic rings. The second kappa shape index (κ2) is 6.16. The lowest BCUT2D eigenvalue weighted by molar-refractivity contribution is 0.586. The fourth-order valence-corrected chi connectivity index (χ4v) is 2.65. The van der Waals surface area contributed by atoms with Crippen molar-refractivity contribution in [1.29, 1.82) is 0 Å². The van der Waals surface area contributed by atoms with E-state index in [2.05, 4.69) is 64.3 Å². The van der Waals surface area contributed by atoms with Crippen molar-refractivity contribution >= 4 is 27.6 Å². The zero-order valence-electron chi connectivity index (χ0n) is 13.3. The van der Waals surface area contributed by atoms with Crippen LogP contribution in [0.15, 0.2) is 57.4 Å². The number of hydrogen-bond acceptors (Lipinski definition) is 4. The van der Waals surface area contributed by atoms with Crippen molar-refractivity contribution < 1.29 is 4.42 Å². The number of benzene rings is 2. The van der Waals surface area contributed by atoms with Gasteiger partial charge in [-0.2, -0.15) is 0 Å². The largest absolute Gasteiger partial charge is 0.403 e. The van der Waals surface area contributed by atoms with Gasteiger partial charge in [0.25, 0.3) is 5.89 Å². The van der Waals surface area contributed by atoms with Gasteiger partial charge >= 0.3 is 6.01 Å². The van der Waals surface area contributed by atoms with Gasteiger partial charge in [0.1, 0.15) is 0 Å². The molecule has 0 saturated heterocycles. The summed E-state index contributed by atoms with van der Waals surface area (Å²) in [6.07, 6.45) is 0. The summed E-state index contributed by atoms with van der Waals surface area (Å²) in [5, 5.41) is 11.3. The van der Waals surface area contributed by atoms with Gasteiger partial charge in [-0.25, -0.2) is 0 Å². The first-order valence-corrected chi connectivity index (χ1v) is 8.19. The number of rotatable bonds is 3. The summed E-state index contributed by atoms with van der Waals surface area (Å²) in [5.41, 5.74) is 3.20. The molecule has 0 saturated carbocycles. The smallest absolute Gasteiger partial charge is 0.320 e. The molecule has 23 heavy (non-hydrogen) atoms. The average Bonchev–Trinajstić information content (AvgIpc) is 2.95. The highest BCUT2D eigenvalue weighted by atomic mass is 79.9. The van der Waals surface area contributed by atoms with Gasteiger partial charge in [-0.3, -0.25) is 0 Å². The number of aromatic nitrogens is 2. The minimum atomic E-state index is 0.135. The van der Waals surface area contributed by atoms with Gasteiger partial charge < -0.3 is 9.73 Å². The first kappa shape index (κ1) is 15.7. The fraction of sp³-hybridized carbons (Fsp3) is 0.222. The highest BCUT2D eigenvalue weighted by Crippen LogP contribution is 2.29. The molecule has 0 unspecified atom stereocenters. The van der Waals surface area contributed by atoms with E-state index in [0.29, 0.717) is 11.9 Å². The molecule has 5 heteroatoms. The van der Waals surface area contributed by atoms with E-state index < -0.39 is 0 Å². The van der Waals surface area contributed by atoms with Crippen LogP contribution in [0.2, 0.25) is 0 Å². The van der Waals surface area contributed by atoms with Crippen LogP contribution in [-0.4, -0.2) is 10.2 Å². The van der Waals surface area contributed by atoms with Crippen molar-refractivity contribution in [2.24, 2.45) is 0 Å². The van der Waals surface area contributed by atoms with Crippen LogP contribution >= 0.6 is 15.9 Å². The summed E-state index contributed by atoms with van der Waals surface area (Å²) in [5.74, 6) is 0.478. The van der Waals surface area contributed by atoms with Crippen molar-refractivity contribution in [2.75, 3.05) is 5.32 Å². The Morgan fingerprint density at radius 3 is 2.30 bits per heavy atom. The van der Waals surface area contributed by atoms with Crippen molar-refractivity contribution in [2.45, 2.75) is 26.2 Å². The molecule has 1 aromatic heterocycles.